The lowest BCUT2D eigenvalue weighted by molar-refractivity contribution is -0.116. The van der Waals surface area contributed by atoms with Crippen molar-refractivity contribution in [1.29, 1.82) is 0 Å². The third-order valence-electron chi connectivity index (χ3n) is 4.54. The van der Waals surface area contributed by atoms with Crippen LogP contribution in [0.5, 0.6) is 5.88 Å². The largest absolute Gasteiger partial charge is 0.475 e. The average molecular weight is 396 g/mol. The Labute approximate surface area is 172 Å². The molecule has 0 spiro atoms. The molecule has 29 heavy (non-hydrogen) atoms. The van der Waals surface area contributed by atoms with E-state index in [9.17, 15) is 4.79 Å². The lowest BCUT2D eigenvalue weighted by atomic mass is 9.90. The van der Waals surface area contributed by atoms with Gasteiger partial charge in [-0.3, -0.25) is 4.79 Å². The number of para-hydroxylation sites is 1. The summed E-state index contributed by atoms with van der Waals surface area (Å²) in [5, 5.41) is 9.57. The monoisotopic (exact) mass is 395 g/mol. The standard InChI is InChI=1S/C22H29N5O2/c1-4-23-22(25-13-16-9-10-21(24-12-16)29-15(2)3)26-14-17-11-20(28)27-19-8-6-5-7-18(17)19/h5-10,12,15,17H,4,11,13-14H2,1-3H3,(H,27,28)(H2,23,25,26). The molecule has 1 amide bonds. The zero-order valence-electron chi connectivity index (χ0n) is 17.2. The van der Waals surface area contributed by atoms with Crippen molar-refractivity contribution in [3.05, 3.63) is 53.7 Å². The molecule has 0 bridgehead atoms. The number of nitrogens with zero attached hydrogens (tertiary/aromatic N) is 2. The molecule has 1 unspecified atom stereocenters. The molecule has 1 aliphatic rings. The first-order chi connectivity index (χ1) is 14.0. The van der Waals surface area contributed by atoms with Gasteiger partial charge in [-0.1, -0.05) is 24.3 Å². The minimum atomic E-state index is 0.0484. The number of guanidine groups is 1. The number of fused-ring (bicyclic) bond motifs is 1. The summed E-state index contributed by atoms with van der Waals surface area (Å²) in [5.41, 5.74) is 3.05. The topological polar surface area (TPSA) is 87.6 Å². The third kappa shape index (κ3) is 5.94. The molecule has 0 aliphatic carbocycles. The van der Waals surface area contributed by atoms with E-state index in [0.29, 0.717) is 25.4 Å². The predicted molar refractivity (Wildman–Crippen MR) is 115 cm³/mol. The van der Waals surface area contributed by atoms with Crippen LogP contribution < -0.4 is 20.7 Å². The number of carbonyl (C=O) groups excluding carboxylic acids is 1. The van der Waals surface area contributed by atoms with Crippen LogP contribution in [0, 0.1) is 0 Å². The lowest BCUT2D eigenvalue weighted by Crippen LogP contribution is -2.40. The fourth-order valence-electron chi connectivity index (χ4n) is 3.23. The molecule has 1 atom stereocenters. The molecular weight excluding hydrogens is 366 g/mol. The summed E-state index contributed by atoms with van der Waals surface area (Å²) in [6, 6.07) is 11.8. The smallest absolute Gasteiger partial charge is 0.225 e. The molecule has 2 aromatic rings. The van der Waals surface area contributed by atoms with Crippen LogP contribution in [0.1, 0.15) is 44.2 Å². The molecule has 0 fully saturated rings. The Morgan fingerprint density at radius 1 is 1.28 bits per heavy atom. The number of anilines is 1. The van der Waals surface area contributed by atoms with Crippen LogP contribution in [0.2, 0.25) is 0 Å². The number of rotatable bonds is 7. The lowest BCUT2D eigenvalue weighted by Gasteiger charge is -2.26. The molecular formula is C22H29N5O2. The number of aliphatic imine (C=N–C) groups is 1. The van der Waals surface area contributed by atoms with Gasteiger partial charge in [-0.25, -0.2) is 9.98 Å². The summed E-state index contributed by atoms with van der Waals surface area (Å²) in [7, 11) is 0. The summed E-state index contributed by atoms with van der Waals surface area (Å²) >= 11 is 0. The van der Waals surface area contributed by atoms with Crippen molar-refractivity contribution in [1.82, 2.24) is 15.6 Å². The zero-order valence-corrected chi connectivity index (χ0v) is 17.2. The van der Waals surface area contributed by atoms with E-state index in [2.05, 4.69) is 32.0 Å². The van der Waals surface area contributed by atoms with E-state index in [0.717, 1.165) is 29.3 Å². The van der Waals surface area contributed by atoms with Crippen LogP contribution >= 0.6 is 0 Å². The van der Waals surface area contributed by atoms with Crippen LogP contribution in [0.25, 0.3) is 0 Å². The SMILES string of the molecule is CCNC(=NCc1ccc(OC(C)C)nc1)NCC1CC(=O)Nc2ccccc21. The summed E-state index contributed by atoms with van der Waals surface area (Å²) in [4.78, 5) is 21.0. The Kier molecular flexibility index (Phi) is 7.05. The highest BCUT2D eigenvalue weighted by Gasteiger charge is 2.24. The summed E-state index contributed by atoms with van der Waals surface area (Å²) in [6.07, 6.45) is 2.35. The number of pyridine rings is 1. The molecule has 0 radical (unpaired) electrons. The number of aromatic nitrogens is 1. The van der Waals surface area contributed by atoms with Crippen molar-refractivity contribution in [2.75, 3.05) is 18.4 Å². The van der Waals surface area contributed by atoms with Crippen LogP contribution in [0.3, 0.4) is 0 Å². The van der Waals surface area contributed by atoms with Crippen molar-refractivity contribution in [3.63, 3.8) is 0 Å². The molecule has 0 saturated heterocycles. The van der Waals surface area contributed by atoms with Gasteiger partial charge in [0, 0.05) is 43.4 Å². The minimum Gasteiger partial charge on any atom is -0.475 e. The number of hydrogen-bond donors (Lipinski definition) is 3. The minimum absolute atomic E-state index is 0.0484. The first kappa shape index (κ1) is 20.6. The molecule has 0 saturated carbocycles. The molecule has 1 aliphatic heterocycles. The Balaban J connectivity index is 1.62. The van der Waals surface area contributed by atoms with Gasteiger partial charge >= 0.3 is 0 Å². The molecule has 1 aromatic heterocycles. The Morgan fingerprint density at radius 2 is 2.10 bits per heavy atom. The second-order valence-electron chi connectivity index (χ2n) is 7.28. The van der Waals surface area contributed by atoms with Gasteiger partial charge in [0.2, 0.25) is 11.8 Å². The van der Waals surface area contributed by atoms with Crippen molar-refractivity contribution >= 4 is 17.6 Å². The summed E-state index contributed by atoms with van der Waals surface area (Å²) in [5.74, 6) is 1.50. The fraction of sp³-hybridized carbons (Fsp3) is 0.409. The number of hydrogen-bond acceptors (Lipinski definition) is 4. The Hall–Kier alpha value is -3.09. The number of nitrogens with one attached hydrogen (secondary N) is 3. The highest BCUT2D eigenvalue weighted by molar-refractivity contribution is 5.94. The maximum atomic E-state index is 12.0. The van der Waals surface area contributed by atoms with E-state index in [4.69, 9.17) is 4.74 Å². The van der Waals surface area contributed by atoms with Crippen molar-refractivity contribution in [2.24, 2.45) is 4.99 Å². The van der Waals surface area contributed by atoms with Crippen molar-refractivity contribution in [2.45, 2.75) is 45.8 Å². The van der Waals surface area contributed by atoms with Crippen LogP contribution in [-0.4, -0.2) is 36.0 Å². The van der Waals surface area contributed by atoms with Gasteiger partial charge in [-0.15, -0.1) is 0 Å². The van der Waals surface area contributed by atoms with E-state index in [-0.39, 0.29) is 17.9 Å². The normalized spacial score (nSPS) is 16.2. The van der Waals surface area contributed by atoms with E-state index in [1.807, 2.05) is 51.1 Å². The second kappa shape index (κ2) is 9.91. The molecule has 7 heteroatoms. The van der Waals surface area contributed by atoms with Crippen LogP contribution in [-0.2, 0) is 11.3 Å². The second-order valence-corrected chi connectivity index (χ2v) is 7.28. The van der Waals surface area contributed by atoms with Gasteiger partial charge in [0.05, 0.1) is 12.6 Å². The van der Waals surface area contributed by atoms with E-state index in [1.54, 1.807) is 6.20 Å². The Morgan fingerprint density at radius 3 is 2.83 bits per heavy atom. The van der Waals surface area contributed by atoms with Crippen LogP contribution in [0.15, 0.2) is 47.6 Å². The van der Waals surface area contributed by atoms with Crippen molar-refractivity contribution in [3.8, 4) is 5.88 Å². The molecule has 3 N–H and O–H groups in total. The van der Waals surface area contributed by atoms with Gasteiger partial charge in [0.1, 0.15) is 0 Å². The number of amides is 1. The Bertz CT molecular complexity index is 849. The summed E-state index contributed by atoms with van der Waals surface area (Å²) in [6.45, 7) is 7.88. The van der Waals surface area contributed by atoms with Gasteiger partial charge in [0.15, 0.2) is 5.96 Å². The number of ether oxygens (including phenoxy) is 1. The molecule has 2 heterocycles. The predicted octanol–water partition coefficient (Wildman–Crippen LogP) is 3.05. The van der Waals surface area contributed by atoms with E-state index < -0.39 is 0 Å². The molecule has 154 valence electrons. The van der Waals surface area contributed by atoms with Gasteiger partial charge < -0.3 is 20.7 Å². The highest BCUT2D eigenvalue weighted by atomic mass is 16.5. The fourth-order valence-corrected chi connectivity index (χ4v) is 3.23. The highest BCUT2D eigenvalue weighted by Crippen LogP contribution is 2.31. The summed E-state index contributed by atoms with van der Waals surface area (Å²) < 4.78 is 5.57. The molecule has 3 rings (SSSR count). The maximum Gasteiger partial charge on any atom is 0.225 e. The maximum absolute atomic E-state index is 12.0. The first-order valence-electron chi connectivity index (χ1n) is 10.1. The van der Waals surface area contributed by atoms with Gasteiger partial charge in [-0.05, 0) is 38.0 Å². The first-order valence-corrected chi connectivity index (χ1v) is 10.1. The average Bonchev–Trinajstić information content (AvgIpc) is 2.70. The van der Waals surface area contributed by atoms with Crippen molar-refractivity contribution < 1.29 is 9.53 Å². The quantitative estimate of drug-likeness (QED) is 0.495. The van der Waals surface area contributed by atoms with Crippen LogP contribution in [0.4, 0.5) is 5.69 Å². The number of benzene rings is 1. The van der Waals surface area contributed by atoms with E-state index in [1.165, 1.54) is 0 Å². The number of carbonyl (C=O) groups is 1. The van der Waals surface area contributed by atoms with Gasteiger partial charge in [0.25, 0.3) is 0 Å². The zero-order chi connectivity index (χ0) is 20.6. The molecule has 7 nitrogen and oxygen atoms in total. The van der Waals surface area contributed by atoms with Gasteiger partial charge in [-0.2, -0.15) is 0 Å². The van der Waals surface area contributed by atoms with E-state index >= 15 is 0 Å². The third-order valence-corrected chi connectivity index (χ3v) is 4.54. The molecule has 1 aromatic carbocycles.